The van der Waals surface area contributed by atoms with Crippen molar-refractivity contribution in [3.05, 3.63) is 16.6 Å². The van der Waals surface area contributed by atoms with Crippen molar-refractivity contribution in [2.75, 3.05) is 0 Å². The van der Waals surface area contributed by atoms with Crippen LogP contribution < -0.4 is 0 Å². The fourth-order valence-corrected chi connectivity index (χ4v) is 1.78. The number of aromatic carboxylic acids is 1. The molecule has 0 atom stereocenters. The normalized spacial score (nSPS) is 11.6. The molecule has 66 valence electrons. The Bertz CT molecular complexity index is 298. The number of rotatable bonds is 1. The monoisotopic (exact) mass is 185 g/mol. The van der Waals surface area contributed by atoms with Crippen LogP contribution in [0, 0.1) is 0 Å². The van der Waals surface area contributed by atoms with Gasteiger partial charge in [-0.3, -0.25) is 0 Å². The highest BCUT2D eigenvalue weighted by atomic mass is 32.1. The SMILES string of the molecule is CC(C)(C)c1nscc1C(=O)O. The number of hydrogen-bond acceptors (Lipinski definition) is 3. The molecular weight excluding hydrogens is 174 g/mol. The molecule has 4 heteroatoms. The molecule has 1 heterocycles. The number of aromatic nitrogens is 1. The molecule has 1 N–H and O–H groups in total. The Kier molecular flexibility index (Phi) is 2.19. The van der Waals surface area contributed by atoms with E-state index in [4.69, 9.17) is 5.11 Å². The third-order valence-electron chi connectivity index (χ3n) is 1.51. The summed E-state index contributed by atoms with van der Waals surface area (Å²) < 4.78 is 4.07. The van der Waals surface area contributed by atoms with Gasteiger partial charge in [0.15, 0.2) is 0 Å². The van der Waals surface area contributed by atoms with Crippen LogP contribution in [0.4, 0.5) is 0 Å². The van der Waals surface area contributed by atoms with Crippen LogP contribution in [-0.4, -0.2) is 15.4 Å². The standard InChI is InChI=1S/C8H11NO2S/c1-8(2,3)6-5(7(10)11)4-12-9-6/h4H,1-3H3,(H,10,11). The molecule has 0 unspecified atom stereocenters. The lowest BCUT2D eigenvalue weighted by Gasteiger charge is -2.15. The maximum absolute atomic E-state index is 10.7. The molecule has 0 aliphatic carbocycles. The van der Waals surface area contributed by atoms with E-state index in [2.05, 4.69) is 4.37 Å². The van der Waals surface area contributed by atoms with Crippen molar-refractivity contribution in [2.45, 2.75) is 26.2 Å². The van der Waals surface area contributed by atoms with Gasteiger partial charge in [0, 0.05) is 10.8 Å². The van der Waals surface area contributed by atoms with Crippen LogP contribution in [0.3, 0.4) is 0 Å². The summed E-state index contributed by atoms with van der Waals surface area (Å²) in [5, 5.41) is 10.4. The Hall–Kier alpha value is -0.900. The first-order valence-corrected chi connectivity index (χ1v) is 4.44. The molecule has 0 fully saturated rings. The predicted molar refractivity (Wildman–Crippen MR) is 47.8 cm³/mol. The van der Waals surface area contributed by atoms with Gasteiger partial charge in [0.2, 0.25) is 0 Å². The van der Waals surface area contributed by atoms with Crippen molar-refractivity contribution in [3.8, 4) is 0 Å². The number of hydrogen-bond donors (Lipinski definition) is 1. The number of carboxylic acids is 1. The highest BCUT2D eigenvalue weighted by molar-refractivity contribution is 7.03. The molecule has 0 saturated heterocycles. The van der Waals surface area contributed by atoms with Gasteiger partial charge in [-0.25, -0.2) is 4.79 Å². The van der Waals surface area contributed by atoms with E-state index in [9.17, 15) is 4.79 Å². The van der Waals surface area contributed by atoms with E-state index in [-0.39, 0.29) is 5.41 Å². The van der Waals surface area contributed by atoms with Gasteiger partial charge in [0.25, 0.3) is 0 Å². The van der Waals surface area contributed by atoms with Crippen LogP contribution in [0.5, 0.6) is 0 Å². The molecule has 3 nitrogen and oxygen atoms in total. The quantitative estimate of drug-likeness (QED) is 0.729. The van der Waals surface area contributed by atoms with Crippen molar-refractivity contribution in [2.24, 2.45) is 0 Å². The number of carbonyl (C=O) groups is 1. The molecule has 0 saturated carbocycles. The third kappa shape index (κ3) is 1.64. The molecule has 1 aromatic heterocycles. The molecule has 0 amide bonds. The number of carboxylic acid groups (broad SMARTS) is 1. The summed E-state index contributed by atoms with van der Waals surface area (Å²) >= 11 is 1.19. The summed E-state index contributed by atoms with van der Waals surface area (Å²) in [4.78, 5) is 10.7. The van der Waals surface area contributed by atoms with Gasteiger partial charge in [0.05, 0.1) is 11.3 Å². The van der Waals surface area contributed by atoms with Crippen molar-refractivity contribution < 1.29 is 9.90 Å². The van der Waals surface area contributed by atoms with Gasteiger partial charge in [-0.15, -0.1) is 0 Å². The van der Waals surface area contributed by atoms with Crippen LogP contribution in [0.25, 0.3) is 0 Å². The molecule has 12 heavy (non-hydrogen) atoms. The van der Waals surface area contributed by atoms with E-state index in [1.165, 1.54) is 11.5 Å². The fraction of sp³-hybridized carbons (Fsp3) is 0.500. The smallest absolute Gasteiger partial charge is 0.338 e. The average molecular weight is 185 g/mol. The van der Waals surface area contributed by atoms with Crippen molar-refractivity contribution in [1.82, 2.24) is 4.37 Å². The Morgan fingerprint density at radius 3 is 2.50 bits per heavy atom. The van der Waals surface area contributed by atoms with E-state index < -0.39 is 5.97 Å². The van der Waals surface area contributed by atoms with E-state index in [0.29, 0.717) is 11.3 Å². The molecule has 1 aromatic rings. The topological polar surface area (TPSA) is 50.2 Å². The minimum Gasteiger partial charge on any atom is -0.478 e. The molecule has 0 aromatic carbocycles. The van der Waals surface area contributed by atoms with Gasteiger partial charge >= 0.3 is 5.97 Å². The van der Waals surface area contributed by atoms with Crippen molar-refractivity contribution >= 4 is 17.5 Å². The second-order valence-corrected chi connectivity index (χ2v) is 4.26. The first-order valence-electron chi connectivity index (χ1n) is 3.61. The summed E-state index contributed by atoms with van der Waals surface area (Å²) in [6, 6.07) is 0. The maximum Gasteiger partial charge on any atom is 0.338 e. The van der Waals surface area contributed by atoms with Gasteiger partial charge in [-0.1, -0.05) is 20.8 Å². The lowest BCUT2D eigenvalue weighted by molar-refractivity contribution is 0.0694. The minimum atomic E-state index is -0.895. The Labute approximate surface area is 75.2 Å². The largest absolute Gasteiger partial charge is 0.478 e. The molecule has 0 spiro atoms. The summed E-state index contributed by atoms with van der Waals surface area (Å²) in [5.41, 5.74) is 0.806. The van der Waals surface area contributed by atoms with E-state index in [1.54, 1.807) is 5.38 Å². The summed E-state index contributed by atoms with van der Waals surface area (Å²) in [6.45, 7) is 5.86. The first-order chi connectivity index (χ1) is 5.43. The average Bonchev–Trinajstić information content (AvgIpc) is 2.30. The van der Waals surface area contributed by atoms with Gasteiger partial charge in [0.1, 0.15) is 0 Å². The maximum atomic E-state index is 10.7. The van der Waals surface area contributed by atoms with Gasteiger partial charge in [-0.2, -0.15) is 4.37 Å². The zero-order valence-electron chi connectivity index (χ0n) is 7.29. The fourth-order valence-electron chi connectivity index (χ4n) is 0.929. The van der Waals surface area contributed by atoms with E-state index >= 15 is 0 Å². The summed E-state index contributed by atoms with van der Waals surface area (Å²) in [7, 11) is 0. The molecular formula is C8H11NO2S. The molecule has 0 aliphatic heterocycles. The molecule has 0 aliphatic rings. The van der Waals surface area contributed by atoms with E-state index in [0.717, 1.165) is 0 Å². The van der Waals surface area contributed by atoms with Gasteiger partial charge in [-0.05, 0) is 11.5 Å². The summed E-state index contributed by atoms with van der Waals surface area (Å²) in [6.07, 6.45) is 0. The zero-order valence-corrected chi connectivity index (χ0v) is 8.10. The minimum absolute atomic E-state index is 0.187. The van der Waals surface area contributed by atoms with Crippen molar-refractivity contribution in [1.29, 1.82) is 0 Å². The van der Waals surface area contributed by atoms with Crippen LogP contribution in [0.1, 0.15) is 36.8 Å². The Morgan fingerprint density at radius 2 is 2.17 bits per heavy atom. The van der Waals surface area contributed by atoms with Gasteiger partial charge < -0.3 is 5.11 Å². The Morgan fingerprint density at radius 1 is 1.58 bits per heavy atom. The van der Waals surface area contributed by atoms with Crippen LogP contribution >= 0.6 is 11.5 Å². The van der Waals surface area contributed by atoms with Crippen LogP contribution in [0.15, 0.2) is 5.38 Å². The predicted octanol–water partition coefficient (Wildman–Crippen LogP) is 2.14. The van der Waals surface area contributed by atoms with E-state index in [1.807, 2.05) is 20.8 Å². The zero-order chi connectivity index (χ0) is 9.35. The molecule has 1 rings (SSSR count). The van der Waals surface area contributed by atoms with Crippen molar-refractivity contribution in [3.63, 3.8) is 0 Å². The van der Waals surface area contributed by atoms with Crippen LogP contribution in [-0.2, 0) is 5.41 Å². The lowest BCUT2D eigenvalue weighted by atomic mass is 9.90. The Balaban J connectivity index is 3.17. The second kappa shape index (κ2) is 2.86. The second-order valence-electron chi connectivity index (χ2n) is 3.63. The lowest BCUT2D eigenvalue weighted by Crippen LogP contribution is -2.16. The first kappa shape index (κ1) is 9.19. The number of nitrogens with zero attached hydrogens (tertiary/aromatic N) is 1. The third-order valence-corrected chi connectivity index (χ3v) is 2.14. The highest BCUT2D eigenvalue weighted by Gasteiger charge is 2.23. The molecule has 0 bridgehead atoms. The highest BCUT2D eigenvalue weighted by Crippen LogP contribution is 2.25. The van der Waals surface area contributed by atoms with Crippen LogP contribution in [0.2, 0.25) is 0 Å². The molecule has 0 radical (unpaired) electrons. The summed E-state index contributed by atoms with van der Waals surface area (Å²) in [5.74, 6) is -0.895.